The van der Waals surface area contributed by atoms with Crippen molar-refractivity contribution in [3.8, 4) is 0 Å². The molecule has 1 atom stereocenters. The number of hydrogen-bond acceptors (Lipinski definition) is 6. The summed E-state index contributed by atoms with van der Waals surface area (Å²) in [6, 6.07) is 3.61. The summed E-state index contributed by atoms with van der Waals surface area (Å²) in [5.41, 5.74) is 1.80. The van der Waals surface area contributed by atoms with E-state index >= 15 is 0 Å². The monoisotopic (exact) mass is 366 g/mol. The van der Waals surface area contributed by atoms with Gasteiger partial charge in [-0.1, -0.05) is 0 Å². The van der Waals surface area contributed by atoms with E-state index in [1.807, 2.05) is 6.07 Å². The number of ketones is 1. The van der Waals surface area contributed by atoms with Crippen LogP contribution in [0, 0.1) is 0 Å². The minimum atomic E-state index is -0.495. The molecule has 0 aromatic carbocycles. The number of Topliss-reactive ketones (excluding diaryl/α,β-unsaturated/α-hetero) is 1. The molecule has 2 aromatic heterocycles. The molecule has 1 aliphatic carbocycles. The Morgan fingerprint density at radius 2 is 1.96 bits per heavy atom. The van der Waals surface area contributed by atoms with Crippen LogP contribution < -0.4 is 15.8 Å². The normalized spacial score (nSPS) is 22.3. The van der Waals surface area contributed by atoms with Crippen LogP contribution in [0.1, 0.15) is 55.8 Å². The lowest BCUT2D eigenvalue weighted by Gasteiger charge is -2.33. The molecule has 0 bridgehead atoms. The summed E-state index contributed by atoms with van der Waals surface area (Å²) < 4.78 is 5.62. The summed E-state index contributed by atoms with van der Waals surface area (Å²) in [6.07, 6.45) is 7.10. The molecule has 3 aliphatic rings. The molecule has 27 heavy (non-hydrogen) atoms. The Hall–Kier alpha value is -2.83. The second-order valence-electron chi connectivity index (χ2n) is 7.44. The van der Waals surface area contributed by atoms with E-state index in [1.54, 1.807) is 12.3 Å². The highest BCUT2D eigenvalue weighted by Gasteiger charge is 2.39. The Morgan fingerprint density at radius 1 is 1.11 bits per heavy atom. The fraction of sp³-hybridized carbons (Fsp3) is 0.450. The number of furan rings is 1. The summed E-state index contributed by atoms with van der Waals surface area (Å²) in [5.74, 6) is 1.35. The number of nitrogens with one attached hydrogen (secondary N) is 2. The Bertz CT molecular complexity index is 968. The standard InChI is InChI=1S/C20H22N4O3/c25-13-7-4-6-12-15(13)16(14-8-5-11-27-14)17-18(21-12)22-20(23-19(17)26)24-9-2-1-3-10-24/h5,8,11,16H,1-4,6-7,9-10H2,(H2,21,22,23,26)/t16-/m0/s1. The zero-order valence-corrected chi connectivity index (χ0v) is 15.1. The molecular formula is C20H22N4O3. The summed E-state index contributed by atoms with van der Waals surface area (Å²) in [7, 11) is 0. The van der Waals surface area contributed by atoms with Gasteiger partial charge in [0.15, 0.2) is 5.78 Å². The van der Waals surface area contributed by atoms with E-state index in [4.69, 9.17) is 9.40 Å². The number of aromatic amines is 1. The molecule has 4 heterocycles. The lowest BCUT2D eigenvalue weighted by atomic mass is 9.79. The maximum atomic E-state index is 13.1. The molecule has 5 rings (SSSR count). The fourth-order valence-electron chi connectivity index (χ4n) is 4.44. The van der Waals surface area contributed by atoms with Gasteiger partial charge in [-0.05, 0) is 44.2 Å². The summed E-state index contributed by atoms with van der Waals surface area (Å²) in [5, 5.41) is 3.30. The van der Waals surface area contributed by atoms with Crippen molar-refractivity contribution < 1.29 is 9.21 Å². The molecule has 2 aliphatic heterocycles. The van der Waals surface area contributed by atoms with Gasteiger partial charge < -0.3 is 14.6 Å². The van der Waals surface area contributed by atoms with Crippen LogP contribution in [0.25, 0.3) is 0 Å². The largest absolute Gasteiger partial charge is 0.468 e. The van der Waals surface area contributed by atoms with Gasteiger partial charge in [-0.2, -0.15) is 4.98 Å². The summed E-state index contributed by atoms with van der Waals surface area (Å²) >= 11 is 0. The third-order valence-electron chi connectivity index (χ3n) is 5.73. The number of anilines is 2. The molecule has 7 heteroatoms. The van der Waals surface area contributed by atoms with Crippen LogP contribution in [0.2, 0.25) is 0 Å². The Balaban J connectivity index is 1.66. The van der Waals surface area contributed by atoms with Crippen molar-refractivity contribution in [3.63, 3.8) is 0 Å². The molecule has 0 radical (unpaired) electrons. The average Bonchev–Trinajstić information content (AvgIpc) is 3.21. The number of allylic oxidation sites excluding steroid dienone is 2. The van der Waals surface area contributed by atoms with Gasteiger partial charge in [0.25, 0.3) is 5.56 Å². The van der Waals surface area contributed by atoms with Crippen LogP contribution >= 0.6 is 0 Å². The summed E-state index contributed by atoms with van der Waals surface area (Å²) in [4.78, 5) is 35.6. The minimum absolute atomic E-state index is 0.0790. The topological polar surface area (TPSA) is 91.2 Å². The predicted molar refractivity (Wildman–Crippen MR) is 101 cm³/mol. The SMILES string of the molecule is O=C1CCCC2=C1[C@H](c1ccco1)c1c(nc(N3CCCCC3)[nH]c1=O)N2. The molecule has 0 unspecified atom stereocenters. The number of nitrogens with zero attached hydrogens (tertiary/aromatic N) is 2. The number of H-pyrrole nitrogens is 1. The molecule has 0 saturated carbocycles. The van der Waals surface area contributed by atoms with Gasteiger partial charge in [0, 0.05) is 30.8 Å². The van der Waals surface area contributed by atoms with E-state index in [2.05, 4.69) is 15.2 Å². The van der Waals surface area contributed by atoms with E-state index in [0.717, 1.165) is 44.5 Å². The third-order valence-corrected chi connectivity index (χ3v) is 5.73. The van der Waals surface area contributed by atoms with Crippen molar-refractivity contribution in [1.82, 2.24) is 9.97 Å². The average molecular weight is 366 g/mol. The molecule has 0 spiro atoms. The van der Waals surface area contributed by atoms with Crippen LogP contribution in [0.4, 0.5) is 11.8 Å². The second-order valence-corrected chi connectivity index (χ2v) is 7.44. The van der Waals surface area contributed by atoms with E-state index in [0.29, 0.717) is 35.1 Å². The first-order valence-corrected chi connectivity index (χ1v) is 9.68. The number of fused-ring (bicyclic) bond motifs is 1. The summed E-state index contributed by atoms with van der Waals surface area (Å²) in [6.45, 7) is 1.80. The number of carbonyl (C=O) groups is 1. The number of rotatable bonds is 2. The zero-order valence-electron chi connectivity index (χ0n) is 15.1. The smallest absolute Gasteiger partial charge is 0.258 e. The van der Waals surface area contributed by atoms with Crippen molar-refractivity contribution in [1.29, 1.82) is 0 Å². The van der Waals surface area contributed by atoms with Gasteiger partial charge >= 0.3 is 0 Å². The van der Waals surface area contributed by atoms with Gasteiger partial charge in [0.05, 0.1) is 17.7 Å². The van der Waals surface area contributed by atoms with Crippen molar-refractivity contribution in [3.05, 3.63) is 51.3 Å². The van der Waals surface area contributed by atoms with Crippen molar-refractivity contribution in [2.45, 2.75) is 44.4 Å². The van der Waals surface area contributed by atoms with Crippen LogP contribution in [-0.2, 0) is 4.79 Å². The highest BCUT2D eigenvalue weighted by molar-refractivity contribution is 6.00. The maximum Gasteiger partial charge on any atom is 0.258 e. The Kier molecular flexibility index (Phi) is 3.88. The first kappa shape index (κ1) is 16.4. The van der Waals surface area contributed by atoms with E-state index in [9.17, 15) is 9.59 Å². The zero-order chi connectivity index (χ0) is 18.4. The quantitative estimate of drug-likeness (QED) is 0.849. The number of aromatic nitrogens is 2. The number of hydrogen-bond donors (Lipinski definition) is 2. The molecule has 1 saturated heterocycles. The van der Waals surface area contributed by atoms with Gasteiger partial charge in [-0.15, -0.1) is 0 Å². The first-order chi connectivity index (χ1) is 13.2. The van der Waals surface area contributed by atoms with Crippen molar-refractivity contribution in [2.24, 2.45) is 0 Å². The second kappa shape index (κ2) is 6.40. The van der Waals surface area contributed by atoms with Gasteiger partial charge in [0.1, 0.15) is 11.6 Å². The molecule has 7 nitrogen and oxygen atoms in total. The van der Waals surface area contributed by atoms with Crippen molar-refractivity contribution in [2.75, 3.05) is 23.3 Å². The first-order valence-electron chi connectivity index (χ1n) is 9.68. The molecule has 0 amide bonds. The molecule has 2 aromatic rings. The number of carbonyl (C=O) groups excluding carboxylic acids is 1. The van der Waals surface area contributed by atoms with Crippen LogP contribution in [0.15, 0.2) is 38.9 Å². The molecule has 140 valence electrons. The maximum absolute atomic E-state index is 13.1. The van der Waals surface area contributed by atoms with E-state index < -0.39 is 5.92 Å². The Morgan fingerprint density at radius 3 is 2.74 bits per heavy atom. The van der Waals surface area contributed by atoms with Gasteiger partial charge in [-0.25, -0.2) is 0 Å². The highest BCUT2D eigenvalue weighted by Crippen LogP contribution is 2.43. The third kappa shape index (κ3) is 2.69. The highest BCUT2D eigenvalue weighted by atomic mass is 16.3. The van der Waals surface area contributed by atoms with Crippen LogP contribution in [0.3, 0.4) is 0 Å². The lowest BCUT2D eigenvalue weighted by molar-refractivity contribution is -0.116. The van der Waals surface area contributed by atoms with E-state index in [-0.39, 0.29) is 11.3 Å². The number of piperidine rings is 1. The van der Waals surface area contributed by atoms with Gasteiger partial charge in [-0.3, -0.25) is 14.6 Å². The molecule has 2 N–H and O–H groups in total. The predicted octanol–water partition coefficient (Wildman–Crippen LogP) is 2.92. The van der Waals surface area contributed by atoms with Gasteiger partial charge in [0.2, 0.25) is 5.95 Å². The molecule has 1 fully saturated rings. The van der Waals surface area contributed by atoms with Crippen LogP contribution in [-0.4, -0.2) is 28.8 Å². The fourth-order valence-corrected chi connectivity index (χ4v) is 4.44. The minimum Gasteiger partial charge on any atom is -0.468 e. The Labute approximate surface area is 156 Å². The lowest BCUT2D eigenvalue weighted by Crippen LogP contribution is -2.36. The van der Waals surface area contributed by atoms with Crippen molar-refractivity contribution >= 4 is 17.5 Å². The van der Waals surface area contributed by atoms with Crippen LogP contribution in [0.5, 0.6) is 0 Å². The molecular weight excluding hydrogens is 344 g/mol. The van der Waals surface area contributed by atoms with E-state index in [1.165, 1.54) is 6.42 Å².